The summed E-state index contributed by atoms with van der Waals surface area (Å²) in [4.78, 5) is 39.1. The summed E-state index contributed by atoms with van der Waals surface area (Å²) in [5.41, 5.74) is -2.08. The topological polar surface area (TPSA) is 109 Å². The molecular weight excluding hydrogens is 440 g/mol. The molecule has 0 aliphatic carbocycles. The molecule has 1 aromatic heterocycles. The average Bonchev–Trinajstić information content (AvgIpc) is 3.08. The summed E-state index contributed by atoms with van der Waals surface area (Å²) in [5.74, 6) is -0.496. The first-order valence-electron chi connectivity index (χ1n) is 11.0. The molecule has 0 spiro atoms. The van der Waals surface area contributed by atoms with Gasteiger partial charge in [-0.1, -0.05) is 48.5 Å². The predicted molar refractivity (Wildman–Crippen MR) is 120 cm³/mol. The second-order valence-corrected chi connectivity index (χ2v) is 8.52. The van der Waals surface area contributed by atoms with Crippen LogP contribution in [-0.4, -0.2) is 47.0 Å². The van der Waals surface area contributed by atoms with E-state index < -0.39 is 34.6 Å². The third kappa shape index (κ3) is 4.21. The number of nitrogens with one attached hydrogen (secondary N) is 1. The zero-order chi connectivity index (χ0) is 23.6. The normalized spacial score (nSPS) is 25.7. The highest BCUT2D eigenvalue weighted by Gasteiger charge is 2.62. The zero-order valence-corrected chi connectivity index (χ0v) is 18.3. The maximum Gasteiger partial charge on any atom is 0.338 e. The molecule has 1 N–H and O–H groups in total. The smallest absolute Gasteiger partial charge is 0.338 e. The van der Waals surface area contributed by atoms with Gasteiger partial charge in [0.15, 0.2) is 11.3 Å². The van der Waals surface area contributed by atoms with E-state index in [1.165, 1.54) is 16.8 Å². The number of aromatic nitrogens is 2. The molecule has 2 aliphatic rings. The van der Waals surface area contributed by atoms with Gasteiger partial charge in [0, 0.05) is 18.7 Å². The summed E-state index contributed by atoms with van der Waals surface area (Å²) < 4.78 is 25.6. The molecule has 3 heterocycles. The summed E-state index contributed by atoms with van der Waals surface area (Å²) in [6.45, 7) is 0.382. The van der Waals surface area contributed by atoms with Crippen molar-refractivity contribution in [3.63, 3.8) is 0 Å². The number of ether oxygens (including phenoxy) is 4. The maximum absolute atomic E-state index is 12.6. The lowest BCUT2D eigenvalue weighted by Crippen LogP contribution is -2.56. The molecule has 2 aromatic carbocycles. The van der Waals surface area contributed by atoms with Gasteiger partial charge in [-0.15, -0.1) is 0 Å². The van der Waals surface area contributed by atoms with E-state index in [-0.39, 0.29) is 26.2 Å². The van der Waals surface area contributed by atoms with E-state index >= 15 is 0 Å². The number of H-pyrrole nitrogens is 1. The van der Waals surface area contributed by atoms with Gasteiger partial charge < -0.3 is 18.9 Å². The highest BCUT2D eigenvalue weighted by Crippen LogP contribution is 2.46. The Labute approximate surface area is 194 Å². The first-order chi connectivity index (χ1) is 16.5. The number of esters is 1. The molecule has 176 valence electrons. The minimum absolute atomic E-state index is 0.0819. The van der Waals surface area contributed by atoms with Crippen molar-refractivity contribution in [3.05, 3.63) is 105 Å². The van der Waals surface area contributed by atoms with Crippen LogP contribution in [0.3, 0.4) is 0 Å². The van der Waals surface area contributed by atoms with Crippen LogP contribution >= 0.6 is 0 Å². The van der Waals surface area contributed by atoms with Crippen LogP contribution in [0.1, 0.15) is 22.3 Å². The number of carbonyl (C=O) groups excluding carboxylic acids is 1. The van der Waals surface area contributed by atoms with Gasteiger partial charge in [-0.05, 0) is 17.7 Å². The lowest BCUT2D eigenvalue weighted by atomic mass is 9.97. The van der Waals surface area contributed by atoms with Gasteiger partial charge in [-0.3, -0.25) is 14.3 Å². The Kier molecular flexibility index (Phi) is 5.91. The van der Waals surface area contributed by atoms with Crippen LogP contribution < -0.4 is 11.2 Å². The molecule has 5 rings (SSSR count). The van der Waals surface area contributed by atoms with Crippen molar-refractivity contribution >= 4 is 5.97 Å². The molecule has 0 saturated carbocycles. The first-order valence-corrected chi connectivity index (χ1v) is 11.0. The summed E-state index contributed by atoms with van der Waals surface area (Å²) in [6, 6.07) is 19.6. The maximum atomic E-state index is 12.6. The van der Waals surface area contributed by atoms with E-state index in [1.54, 1.807) is 24.3 Å². The van der Waals surface area contributed by atoms with Crippen molar-refractivity contribution in [3.8, 4) is 0 Å². The van der Waals surface area contributed by atoms with Crippen LogP contribution in [-0.2, 0) is 31.3 Å². The fourth-order valence-corrected chi connectivity index (χ4v) is 4.50. The molecule has 0 radical (unpaired) electrons. The highest BCUT2D eigenvalue weighted by molar-refractivity contribution is 5.89. The molecule has 2 fully saturated rings. The van der Waals surface area contributed by atoms with Gasteiger partial charge in [-0.2, -0.15) is 0 Å². The summed E-state index contributed by atoms with van der Waals surface area (Å²) >= 11 is 0. The largest absolute Gasteiger partial charge is 0.459 e. The monoisotopic (exact) mass is 464 g/mol. The fraction of sp³-hybridized carbons (Fsp3) is 0.320. The molecule has 0 unspecified atom stereocenters. The quantitative estimate of drug-likeness (QED) is 0.531. The van der Waals surface area contributed by atoms with Crippen LogP contribution in [0, 0.1) is 0 Å². The molecule has 2 bridgehead atoms. The van der Waals surface area contributed by atoms with E-state index in [2.05, 4.69) is 4.98 Å². The third-order valence-corrected chi connectivity index (χ3v) is 6.17. The van der Waals surface area contributed by atoms with Crippen LogP contribution in [0.5, 0.6) is 0 Å². The van der Waals surface area contributed by atoms with Gasteiger partial charge in [-0.25, -0.2) is 9.59 Å². The Morgan fingerprint density at radius 2 is 1.76 bits per heavy atom. The van der Waals surface area contributed by atoms with Crippen molar-refractivity contribution < 1.29 is 23.7 Å². The minimum Gasteiger partial charge on any atom is -0.459 e. The predicted octanol–water partition coefficient (Wildman–Crippen LogP) is 1.82. The summed E-state index contributed by atoms with van der Waals surface area (Å²) in [6.07, 6.45) is 1.11. The zero-order valence-electron chi connectivity index (χ0n) is 18.3. The Balaban J connectivity index is 1.44. The Bertz CT molecular complexity index is 1270. The van der Waals surface area contributed by atoms with Gasteiger partial charge >= 0.3 is 11.7 Å². The van der Waals surface area contributed by atoms with Crippen LogP contribution in [0.25, 0.3) is 0 Å². The van der Waals surface area contributed by atoms with Crippen molar-refractivity contribution in [2.75, 3.05) is 19.8 Å². The number of hydrogen-bond donors (Lipinski definition) is 1. The molecule has 3 aromatic rings. The second kappa shape index (κ2) is 9.02. The van der Waals surface area contributed by atoms with Gasteiger partial charge in [0.2, 0.25) is 0 Å². The Morgan fingerprint density at radius 1 is 1.03 bits per heavy atom. The van der Waals surface area contributed by atoms with Crippen LogP contribution in [0.4, 0.5) is 0 Å². The molecule has 9 nitrogen and oxygen atoms in total. The van der Waals surface area contributed by atoms with Crippen LogP contribution in [0.15, 0.2) is 82.5 Å². The molecule has 34 heavy (non-hydrogen) atoms. The van der Waals surface area contributed by atoms with Crippen molar-refractivity contribution in [1.82, 2.24) is 9.55 Å². The first kappa shape index (κ1) is 22.3. The molecule has 9 heteroatoms. The molecule has 2 saturated heterocycles. The third-order valence-electron chi connectivity index (χ3n) is 6.17. The highest BCUT2D eigenvalue weighted by atomic mass is 16.7. The fourth-order valence-electron chi connectivity index (χ4n) is 4.50. The van der Waals surface area contributed by atoms with Crippen molar-refractivity contribution in [1.29, 1.82) is 0 Å². The van der Waals surface area contributed by atoms with E-state index in [0.29, 0.717) is 12.2 Å². The number of hydrogen-bond acceptors (Lipinski definition) is 7. The lowest BCUT2D eigenvalue weighted by molar-refractivity contribution is -0.266. The van der Waals surface area contributed by atoms with Gasteiger partial charge in [0.05, 0.1) is 31.5 Å². The van der Waals surface area contributed by atoms with Gasteiger partial charge in [0.1, 0.15) is 6.61 Å². The van der Waals surface area contributed by atoms with E-state index in [4.69, 9.17) is 18.9 Å². The minimum atomic E-state index is -1.21. The number of nitrogens with zero attached hydrogens (tertiary/aromatic N) is 1. The van der Waals surface area contributed by atoms with Crippen molar-refractivity contribution in [2.24, 2.45) is 0 Å². The molecule has 0 amide bonds. The summed E-state index contributed by atoms with van der Waals surface area (Å²) in [5, 5.41) is 0. The second-order valence-electron chi connectivity index (χ2n) is 8.52. The van der Waals surface area contributed by atoms with Crippen molar-refractivity contribution in [2.45, 2.75) is 30.5 Å². The van der Waals surface area contributed by atoms with E-state index in [9.17, 15) is 14.4 Å². The standard InChI is InChI=1S/C25H24N2O7/c28-21-11-12-27(23(30)26-21)25-13-20(32-14-18-7-3-1-4-8-18)24(34-25,15-31-17-25)16-33-22(29)19-9-5-2-6-10-19/h1-12,20H,13-17H2,(H,26,28,30)/t20-,24+,25-/m0/s1. The number of rotatable bonds is 7. The molecule has 2 aliphatic heterocycles. The lowest BCUT2D eigenvalue weighted by Gasteiger charge is -2.40. The van der Waals surface area contributed by atoms with E-state index in [1.807, 2.05) is 36.4 Å². The summed E-state index contributed by atoms with van der Waals surface area (Å²) in [7, 11) is 0. The van der Waals surface area contributed by atoms with Gasteiger partial charge in [0.25, 0.3) is 5.56 Å². The number of fused-ring (bicyclic) bond motifs is 2. The SMILES string of the molecule is O=C(OC[C@]12COC[C@](n3ccc(=O)[nH]c3=O)(C[C@@H]1OCc1ccccc1)O2)c1ccccc1. The average molecular weight is 464 g/mol. The number of aromatic amines is 1. The number of carbonyl (C=O) groups is 1. The Morgan fingerprint density at radius 3 is 2.50 bits per heavy atom. The molecular formula is C25H24N2O7. The van der Waals surface area contributed by atoms with Crippen LogP contribution in [0.2, 0.25) is 0 Å². The number of benzene rings is 2. The Hall–Kier alpha value is -3.53. The van der Waals surface area contributed by atoms with E-state index in [0.717, 1.165) is 5.56 Å². The molecule has 3 atom stereocenters.